The standard InChI is InChI=1S/C13H18N2O2/c1-9(8-17-2)14-13(16)12-7-10-5-3-4-6-11(10)15-12/h3-6,9,12,15H,7-8H2,1-2H3,(H,14,16)/t9?,12-/m0/s1. The Bertz CT molecular complexity index is 381. The minimum Gasteiger partial charge on any atom is -0.383 e. The first kappa shape index (κ1) is 11.9. The molecule has 0 bridgehead atoms. The Morgan fingerprint density at radius 1 is 1.59 bits per heavy atom. The molecule has 0 radical (unpaired) electrons. The highest BCUT2D eigenvalue weighted by Crippen LogP contribution is 2.25. The molecule has 4 heteroatoms. The third kappa shape index (κ3) is 2.77. The zero-order valence-electron chi connectivity index (χ0n) is 10.2. The van der Waals surface area contributed by atoms with Crippen molar-refractivity contribution in [2.24, 2.45) is 0 Å². The lowest BCUT2D eigenvalue weighted by atomic mass is 10.1. The van der Waals surface area contributed by atoms with Gasteiger partial charge in [-0.25, -0.2) is 0 Å². The lowest BCUT2D eigenvalue weighted by Gasteiger charge is -2.16. The number of methoxy groups -OCH3 is 1. The van der Waals surface area contributed by atoms with Crippen LogP contribution in [-0.2, 0) is 16.0 Å². The Hall–Kier alpha value is -1.55. The van der Waals surface area contributed by atoms with Crippen molar-refractivity contribution in [3.63, 3.8) is 0 Å². The predicted molar refractivity (Wildman–Crippen MR) is 67.0 cm³/mol. The van der Waals surface area contributed by atoms with Crippen LogP contribution in [0.5, 0.6) is 0 Å². The molecule has 1 aromatic rings. The zero-order chi connectivity index (χ0) is 12.3. The highest BCUT2D eigenvalue weighted by molar-refractivity contribution is 5.87. The lowest BCUT2D eigenvalue weighted by Crippen LogP contribution is -2.44. The first-order valence-corrected chi connectivity index (χ1v) is 5.84. The Kier molecular flexibility index (Phi) is 3.64. The number of anilines is 1. The highest BCUT2D eigenvalue weighted by Gasteiger charge is 2.26. The molecule has 92 valence electrons. The summed E-state index contributed by atoms with van der Waals surface area (Å²) in [5.74, 6) is 0.0331. The Balaban J connectivity index is 1.92. The quantitative estimate of drug-likeness (QED) is 0.822. The van der Waals surface area contributed by atoms with Crippen LogP contribution in [-0.4, -0.2) is 31.7 Å². The first-order chi connectivity index (χ1) is 8.20. The van der Waals surface area contributed by atoms with Crippen molar-refractivity contribution in [2.75, 3.05) is 19.0 Å². The minimum atomic E-state index is -0.160. The molecule has 1 amide bonds. The lowest BCUT2D eigenvalue weighted by molar-refractivity contribution is -0.122. The van der Waals surface area contributed by atoms with Crippen LogP contribution in [0.3, 0.4) is 0 Å². The summed E-state index contributed by atoms with van der Waals surface area (Å²) >= 11 is 0. The van der Waals surface area contributed by atoms with Gasteiger partial charge in [0.25, 0.3) is 0 Å². The van der Waals surface area contributed by atoms with E-state index >= 15 is 0 Å². The SMILES string of the molecule is COCC(C)NC(=O)[C@@H]1Cc2ccccc2N1. The van der Waals surface area contributed by atoms with Crippen LogP contribution in [0, 0.1) is 0 Å². The average molecular weight is 234 g/mol. The summed E-state index contributed by atoms with van der Waals surface area (Å²) in [4.78, 5) is 12.0. The molecular formula is C13H18N2O2. The van der Waals surface area contributed by atoms with Crippen LogP contribution in [0.2, 0.25) is 0 Å². The van der Waals surface area contributed by atoms with E-state index in [1.54, 1.807) is 7.11 Å². The van der Waals surface area contributed by atoms with Gasteiger partial charge in [-0.15, -0.1) is 0 Å². The number of carbonyl (C=O) groups is 1. The maximum Gasteiger partial charge on any atom is 0.243 e. The minimum absolute atomic E-state index is 0.0331. The summed E-state index contributed by atoms with van der Waals surface area (Å²) in [7, 11) is 1.63. The molecule has 1 aromatic carbocycles. The van der Waals surface area contributed by atoms with E-state index in [2.05, 4.69) is 10.6 Å². The number of para-hydroxylation sites is 1. The van der Waals surface area contributed by atoms with E-state index in [1.165, 1.54) is 5.56 Å². The van der Waals surface area contributed by atoms with Crippen LogP contribution < -0.4 is 10.6 Å². The summed E-state index contributed by atoms with van der Waals surface area (Å²) < 4.78 is 4.99. The monoisotopic (exact) mass is 234 g/mol. The molecule has 0 aliphatic carbocycles. The molecule has 1 aliphatic rings. The smallest absolute Gasteiger partial charge is 0.243 e. The predicted octanol–water partition coefficient (Wildman–Crippen LogP) is 1.17. The van der Waals surface area contributed by atoms with Crippen molar-refractivity contribution in [1.82, 2.24) is 5.32 Å². The molecule has 1 unspecified atom stereocenters. The van der Waals surface area contributed by atoms with Crippen molar-refractivity contribution < 1.29 is 9.53 Å². The fourth-order valence-corrected chi connectivity index (χ4v) is 2.09. The van der Waals surface area contributed by atoms with Gasteiger partial charge in [0.15, 0.2) is 0 Å². The number of benzene rings is 1. The van der Waals surface area contributed by atoms with E-state index < -0.39 is 0 Å². The highest BCUT2D eigenvalue weighted by atomic mass is 16.5. The number of amides is 1. The van der Waals surface area contributed by atoms with Crippen LogP contribution in [0.15, 0.2) is 24.3 Å². The van der Waals surface area contributed by atoms with E-state index in [9.17, 15) is 4.79 Å². The van der Waals surface area contributed by atoms with Crippen LogP contribution >= 0.6 is 0 Å². The molecule has 0 spiro atoms. The second-order valence-electron chi connectivity index (χ2n) is 4.42. The molecule has 0 saturated heterocycles. The van der Waals surface area contributed by atoms with Gasteiger partial charge < -0.3 is 15.4 Å². The second-order valence-corrected chi connectivity index (χ2v) is 4.42. The maximum absolute atomic E-state index is 12.0. The van der Waals surface area contributed by atoms with Crippen LogP contribution in [0.25, 0.3) is 0 Å². The molecule has 2 rings (SSSR count). The molecule has 1 heterocycles. The topological polar surface area (TPSA) is 50.4 Å². The maximum atomic E-state index is 12.0. The first-order valence-electron chi connectivity index (χ1n) is 5.84. The van der Waals surface area contributed by atoms with Gasteiger partial charge in [0.2, 0.25) is 5.91 Å². The molecule has 0 fully saturated rings. The van der Waals surface area contributed by atoms with Gasteiger partial charge in [0, 0.05) is 25.3 Å². The molecule has 17 heavy (non-hydrogen) atoms. The number of carbonyl (C=O) groups excluding carboxylic acids is 1. The summed E-state index contributed by atoms with van der Waals surface area (Å²) in [6, 6.07) is 7.90. The molecule has 2 atom stereocenters. The van der Waals surface area contributed by atoms with E-state index in [1.807, 2.05) is 31.2 Å². The van der Waals surface area contributed by atoms with E-state index in [4.69, 9.17) is 4.74 Å². The van der Waals surface area contributed by atoms with Gasteiger partial charge in [-0.3, -0.25) is 4.79 Å². The average Bonchev–Trinajstić information content (AvgIpc) is 2.72. The van der Waals surface area contributed by atoms with Gasteiger partial charge in [-0.2, -0.15) is 0 Å². The fraction of sp³-hybridized carbons (Fsp3) is 0.462. The third-order valence-electron chi connectivity index (χ3n) is 2.89. The summed E-state index contributed by atoms with van der Waals surface area (Å²) in [5, 5.41) is 6.16. The number of nitrogens with one attached hydrogen (secondary N) is 2. The van der Waals surface area contributed by atoms with Crippen molar-refractivity contribution in [3.05, 3.63) is 29.8 Å². The number of fused-ring (bicyclic) bond motifs is 1. The van der Waals surface area contributed by atoms with Crippen LogP contribution in [0.1, 0.15) is 12.5 Å². The molecule has 4 nitrogen and oxygen atoms in total. The van der Waals surface area contributed by atoms with Gasteiger partial charge >= 0.3 is 0 Å². The normalized spacial score (nSPS) is 19.3. The Morgan fingerprint density at radius 2 is 2.35 bits per heavy atom. The van der Waals surface area contributed by atoms with E-state index in [0.29, 0.717) is 6.61 Å². The van der Waals surface area contributed by atoms with Crippen LogP contribution in [0.4, 0.5) is 5.69 Å². The summed E-state index contributed by atoms with van der Waals surface area (Å²) in [6.45, 7) is 2.47. The molecule has 0 saturated carbocycles. The molecule has 0 aromatic heterocycles. The molecule has 1 aliphatic heterocycles. The van der Waals surface area contributed by atoms with Gasteiger partial charge in [0.1, 0.15) is 6.04 Å². The molecule has 2 N–H and O–H groups in total. The Morgan fingerprint density at radius 3 is 3.06 bits per heavy atom. The Labute approximate surface area is 101 Å². The summed E-state index contributed by atoms with van der Waals surface area (Å²) in [5.41, 5.74) is 2.26. The van der Waals surface area contributed by atoms with E-state index in [0.717, 1.165) is 12.1 Å². The van der Waals surface area contributed by atoms with Gasteiger partial charge in [-0.1, -0.05) is 18.2 Å². The zero-order valence-corrected chi connectivity index (χ0v) is 10.2. The second kappa shape index (κ2) is 5.19. The molecular weight excluding hydrogens is 216 g/mol. The number of ether oxygens (including phenoxy) is 1. The largest absolute Gasteiger partial charge is 0.383 e. The number of hydrogen-bond donors (Lipinski definition) is 2. The van der Waals surface area contributed by atoms with Crippen molar-refractivity contribution >= 4 is 11.6 Å². The third-order valence-corrected chi connectivity index (χ3v) is 2.89. The van der Waals surface area contributed by atoms with Crippen molar-refractivity contribution in [3.8, 4) is 0 Å². The van der Waals surface area contributed by atoms with Crippen molar-refractivity contribution in [1.29, 1.82) is 0 Å². The summed E-state index contributed by atoms with van der Waals surface area (Å²) in [6.07, 6.45) is 0.752. The number of hydrogen-bond acceptors (Lipinski definition) is 3. The number of rotatable bonds is 4. The fourth-order valence-electron chi connectivity index (χ4n) is 2.09. The van der Waals surface area contributed by atoms with Crippen molar-refractivity contribution in [2.45, 2.75) is 25.4 Å². The van der Waals surface area contributed by atoms with Gasteiger partial charge in [0.05, 0.1) is 6.61 Å². The van der Waals surface area contributed by atoms with Gasteiger partial charge in [-0.05, 0) is 18.6 Å². The van der Waals surface area contributed by atoms with E-state index in [-0.39, 0.29) is 18.0 Å².